The quantitative estimate of drug-likeness (QED) is 0.132. The normalized spacial score (nSPS) is 12.5. The first-order valence-electron chi connectivity index (χ1n) is 11.8. The fraction of sp³-hybridized carbons (Fsp3) is 0.161. The van der Waals surface area contributed by atoms with E-state index in [0.29, 0.717) is 24.5 Å². The van der Waals surface area contributed by atoms with Crippen molar-refractivity contribution in [1.29, 1.82) is 0 Å². The monoisotopic (exact) mass is 500 g/mol. The maximum atomic E-state index is 9.46. The Labute approximate surface area is 217 Å². The van der Waals surface area contributed by atoms with Crippen LogP contribution >= 0.6 is 11.6 Å². The molecule has 1 N–H and O–H groups in total. The molecule has 0 saturated heterocycles. The molecule has 5 heteroatoms. The van der Waals surface area contributed by atoms with E-state index in [4.69, 9.17) is 25.8 Å². The first-order valence-corrected chi connectivity index (χ1v) is 12.2. The summed E-state index contributed by atoms with van der Waals surface area (Å²) in [5.74, 6) is 1.47. The molecule has 0 radical (unpaired) electrons. The summed E-state index contributed by atoms with van der Waals surface area (Å²) >= 11 is 5.68. The summed E-state index contributed by atoms with van der Waals surface area (Å²) in [5.41, 5.74) is 4.32. The second-order valence-electron chi connectivity index (χ2n) is 8.20. The number of aliphatic hydroxyl groups excluding tert-OH is 1. The van der Waals surface area contributed by atoms with Crippen molar-refractivity contribution in [2.24, 2.45) is 0 Å². The second-order valence-corrected chi connectivity index (χ2v) is 8.62. The van der Waals surface area contributed by atoms with Crippen LogP contribution in [0.4, 0.5) is 0 Å². The van der Waals surface area contributed by atoms with Gasteiger partial charge in [0.05, 0.1) is 6.61 Å². The van der Waals surface area contributed by atoms with Gasteiger partial charge in [0.25, 0.3) is 0 Å². The zero-order valence-electron chi connectivity index (χ0n) is 20.1. The highest BCUT2D eigenvalue weighted by Gasteiger charge is 2.14. The first-order chi connectivity index (χ1) is 17.5. The molecule has 4 nitrogen and oxygen atoms in total. The SMILES string of the molecule is C=C(c1ccc(OC(C)OCCOc2c(-c3ccccc3)cccc2-c2ccccc2)cc1)C(O)Cl. The van der Waals surface area contributed by atoms with Crippen molar-refractivity contribution in [3.8, 4) is 33.8 Å². The molecule has 0 bridgehead atoms. The molecule has 0 aliphatic rings. The van der Waals surface area contributed by atoms with Crippen molar-refractivity contribution < 1.29 is 19.3 Å². The molecule has 2 atom stereocenters. The van der Waals surface area contributed by atoms with Crippen molar-refractivity contribution >= 4 is 17.2 Å². The van der Waals surface area contributed by atoms with Crippen LogP contribution in [0.3, 0.4) is 0 Å². The van der Waals surface area contributed by atoms with Crippen LogP contribution in [0.5, 0.6) is 11.5 Å². The lowest BCUT2D eigenvalue weighted by molar-refractivity contribution is -0.0738. The molecule has 184 valence electrons. The van der Waals surface area contributed by atoms with Gasteiger partial charge in [0.2, 0.25) is 0 Å². The van der Waals surface area contributed by atoms with Gasteiger partial charge in [-0.15, -0.1) is 0 Å². The summed E-state index contributed by atoms with van der Waals surface area (Å²) in [4.78, 5) is 0. The van der Waals surface area contributed by atoms with Gasteiger partial charge in [0.1, 0.15) is 18.1 Å². The highest BCUT2D eigenvalue weighted by Crippen LogP contribution is 2.39. The number of hydrogen-bond acceptors (Lipinski definition) is 4. The van der Waals surface area contributed by atoms with Crippen LogP contribution in [0.15, 0.2) is 110 Å². The van der Waals surface area contributed by atoms with E-state index in [1.807, 2.05) is 43.3 Å². The van der Waals surface area contributed by atoms with Crippen LogP contribution in [0.25, 0.3) is 27.8 Å². The molecule has 2 unspecified atom stereocenters. The molecule has 0 aromatic heterocycles. The van der Waals surface area contributed by atoms with E-state index in [1.165, 1.54) is 0 Å². The van der Waals surface area contributed by atoms with Gasteiger partial charge < -0.3 is 19.3 Å². The van der Waals surface area contributed by atoms with Crippen molar-refractivity contribution in [2.45, 2.75) is 18.8 Å². The molecular weight excluding hydrogens is 472 g/mol. The number of halogens is 1. The van der Waals surface area contributed by atoms with Crippen LogP contribution < -0.4 is 9.47 Å². The maximum Gasteiger partial charge on any atom is 0.197 e. The van der Waals surface area contributed by atoms with Gasteiger partial charge in [0, 0.05) is 11.1 Å². The van der Waals surface area contributed by atoms with Crippen LogP contribution in [0.1, 0.15) is 12.5 Å². The molecule has 4 rings (SSSR count). The topological polar surface area (TPSA) is 47.9 Å². The minimum absolute atomic E-state index is 0.353. The zero-order valence-corrected chi connectivity index (χ0v) is 20.9. The predicted molar refractivity (Wildman–Crippen MR) is 146 cm³/mol. The maximum absolute atomic E-state index is 9.46. The third-order valence-electron chi connectivity index (χ3n) is 5.68. The Kier molecular flexibility index (Phi) is 8.80. The summed E-state index contributed by atoms with van der Waals surface area (Å²) in [6.45, 7) is 6.33. The molecule has 4 aromatic carbocycles. The Morgan fingerprint density at radius 3 is 1.86 bits per heavy atom. The largest absolute Gasteiger partial charge is 0.490 e. The van der Waals surface area contributed by atoms with Crippen LogP contribution in [-0.2, 0) is 4.74 Å². The van der Waals surface area contributed by atoms with Crippen LogP contribution in [-0.4, -0.2) is 30.2 Å². The van der Waals surface area contributed by atoms with E-state index in [9.17, 15) is 5.11 Å². The van der Waals surface area contributed by atoms with Crippen molar-refractivity contribution in [2.75, 3.05) is 13.2 Å². The number of rotatable bonds is 11. The Bertz CT molecular complexity index is 1200. The summed E-state index contributed by atoms with van der Waals surface area (Å²) in [7, 11) is 0. The van der Waals surface area contributed by atoms with Gasteiger partial charge >= 0.3 is 0 Å². The Hall–Kier alpha value is -3.57. The standard InChI is InChI=1S/C31H29ClO4/c1-22(31(32)33)24-16-18-27(19-17-24)36-23(2)34-20-21-35-30-28(25-10-5-3-6-11-25)14-9-15-29(30)26-12-7-4-8-13-26/h3-19,23,31,33H,1,20-21H2,2H3. The molecule has 0 heterocycles. The van der Waals surface area contributed by atoms with E-state index >= 15 is 0 Å². The smallest absolute Gasteiger partial charge is 0.197 e. The summed E-state index contributed by atoms with van der Waals surface area (Å²) in [6.07, 6.45) is -0.473. The molecule has 0 aliphatic heterocycles. The average molecular weight is 501 g/mol. The average Bonchev–Trinajstić information content (AvgIpc) is 2.92. The summed E-state index contributed by atoms with van der Waals surface area (Å²) in [5, 5.41) is 9.46. The minimum atomic E-state index is -1.12. The molecule has 0 fully saturated rings. The van der Waals surface area contributed by atoms with Crippen molar-refractivity contribution in [3.63, 3.8) is 0 Å². The van der Waals surface area contributed by atoms with Gasteiger partial charge in [-0.25, -0.2) is 0 Å². The van der Waals surface area contributed by atoms with Crippen LogP contribution in [0.2, 0.25) is 0 Å². The van der Waals surface area contributed by atoms with Gasteiger partial charge in [-0.1, -0.05) is 109 Å². The van der Waals surface area contributed by atoms with Gasteiger partial charge in [-0.05, 0) is 41.3 Å². The van der Waals surface area contributed by atoms with Gasteiger partial charge in [0.15, 0.2) is 11.9 Å². The summed E-state index contributed by atoms with van der Waals surface area (Å²) in [6, 6.07) is 33.8. The number of benzene rings is 4. The van der Waals surface area contributed by atoms with Crippen molar-refractivity contribution in [3.05, 3.63) is 115 Å². The summed E-state index contributed by atoms with van der Waals surface area (Å²) < 4.78 is 18.0. The van der Waals surface area contributed by atoms with Crippen LogP contribution in [0, 0.1) is 0 Å². The van der Waals surface area contributed by atoms with E-state index in [2.05, 4.69) is 49.0 Å². The number of aliphatic hydroxyl groups is 1. The minimum Gasteiger partial charge on any atom is -0.490 e. The lowest BCUT2D eigenvalue weighted by Crippen LogP contribution is -2.20. The Balaban J connectivity index is 1.40. The number of hydrogen-bond donors (Lipinski definition) is 1. The van der Waals surface area contributed by atoms with E-state index < -0.39 is 11.9 Å². The third kappa shape index (κ3) is 6.55. The fourth-order valence-corrected chi connectivity index (χ4v) is 3.98. The molecule has 0 aliphatic carbocycles. The first kappa shape index (κ1) is 25.5. The zero-order chi connectivity index (χ0) is 25.3. The van der Waals surface area contributed by atoms with E-state index in [0.717, 1.165) is 33.6 Å². The van der Waals surface area contributed by atoms with Gasteiger partial charge in [-0.2, -0.15) is 0 Å². The van der Waals surface area contributed by atoms with Crippen molar-refractivity contribution in [1.82, 2.24) is 0 Å². The number of ether oxygens (including phenoxy) is 3. The second kappa shape index (κ2) is 12.4. The van der Waals surface area contributed by atoms with E-state index in [1.54, 1.807) is 24.3 Å². The molecular formula is C31H29ClO4. The number of para-hydroxylation sites is 1. The highest BCUT2D eigenvalue weighted by molar-refractivity contribution is 6.25. The molecule has 0 amide bonds. The fourth-order valence-electron chi connectivity index (χ4n) is 3.85. The lowest BCUT2D eigenvalue weighted by atomic mass is 9.97. The Morgan fingerprint density at radius 2 is 1.33 bits per heavy atom. The van der Waals surface area contributed by atoms with E-state index in [-0.39, 0.29) is 0 Å². The van der Waals surface area contributed by atoms with Gasteiger partial charge in [-0.3, -0.25) is 0 Å². The Morgan fingerprint density at radius 1 is 0.778 bits per heavy atom. The third-order valence-corrected chi connectivity index (χ3v) is 5.95. The molecule has 4 aromatic rings. The molecule has 36 heavy (non-hydrogen) atoms. The lowest BCUT2D eigenvalue weighted by Gasteiger charge is -2.19. The number of alkyl halides is 1. The molecule has 0 saturated carbocycles. The highest BCUT2D eigenvalue weighted by atomic mass is 35.5. The predicted octanol–water partition coefficient (Wildman–Crippen LogP) is 7.41. The molecule has 0 spiro atoms.